The number of aryl methyl sites for hydroxylation is 1. The van der Waals surface area contributed by atoms with Crippen LogP contribution in [-0.2, 0) is 6.42 Å². The van der Waals surface area contributed by atoms with Crippen LogP contribution in [0.4, 0.5) is 13.2 Å². The van der Waals surface area contributed by atoms with Crippen molar-refractivity contribution in [3.05, 3.63) is 23.8 Å². The summed E-state index contributed by atoms with van der Waals surface area (Å²) in [5.74, 6) is 0.392. The molecule has 6 heteroatoms. The smallest absolute Gasteiger partial charge is 0.494 e. The highest BCUT2D eigenvalue weighted by Crippen LogP contribution is 2.30. The van der Waals surface area contributed by atoms with Crippen LogP contribution in [0.1, 0.15) is 18.9 Å². The van der Waals surface area contributed by atoms with Crippen LogP contribution in [0.2, 0.25) is 0 Å². The van der Waals surface area contributed by atoms with Gasteiger partial charge in [-0.15, -0.1) is 13.2 Å². The molecular weight excluding hydrogens is 313 g/mol. The number of rotatable bonds is 6. The molecule has 1 rings (SSSR count). The number of benzene rings is 1. The summed E-state index contributed by atoms with van der Waals surface area (Å²) < 4.78 is 45.9. The molecule has 0 fully saturated rings. The van der Waals surface area contributed by atoms with Gasteiger partial charge in [0.15, 0.2) is 0 Å². The van der Waals surface area contributed by atoms with E-state index in [1.807, 2.05) is 6.92 Å². The van der Waals surface area contributed by atoms with Crippen molar-refractivity contribution in [2.75, 3.05) is 11.9 Å². The lowest BCUT2D eigenvalue weighted by atomic mass is 10.1. The van der Waals surface area contributed by atoms with Crippen LogP contribution < -0.4 is 9.47 Å². The van der Waals surface area contributed by atoms with Crippen molar-refractivity contribution in [2.24, 2.45) is 0 Å². The van der Waals surface area contributed by atoms with Gasteiger partial charge in [0.1, 0.15) is 11.5 Å². The largest absolute Gasteiger partial charge is 0.573 e. The van der Waals surface area contributed by atoms with Gasteiger partial charge in [-0.05, 0) is 43.5 Å². The molecule has 0 heterocycles. The Balaban J connectivity index is 2.92. The number of hydrogen-bond acceptors (Lipinski definition) is 2. The van der Waals surface area contributed by atoms with Crippen LogP contribution in [0.3, 0.4) is 0 Å². The molecule has 0 radical (unpaired) electrons. The summed E-state index contributed by atoms with van der Waals surface area (Å²) in [6.07, 6.45) is -3.45. The lowest BCUT2D eigenvalue weighted by Gasteiger charge is -2.14. The Morgan fingerprint density at radius 1 is 1.28 bits per heavy atom. The molecule has 18 heavy (non-hydrogen) atoms. The standard InChI is InChI=1S/C12H14BrF3O2/c1-2-17-10-5-6-11(18-12(14,15)16)9(8-10)4-3-7-13/h5-6,8H,2-4,7H2,1H3. The molecule has 0 aliphatic rings. The summed E-state index contributed by atoms with van der Waals surface area (Å²) in [7, 11) is 0. The molecule has 2 nitrogen and oxygen atoms in total. The van der Waals surface area contributed by atoms with E-state index in [0.29, 0.717) is 24.3 Å². The van der Waals surface area contributed by atoms with E-state index >= 15 is 0 Å². The minimum Gasteiger partial charge on any atom is -0.494 e. The summed E-state index contributed by atoms with van der Waals surface area (Å²) in [5.41, 5.74) is 0.498. The van der Waals surface area contributed by atoms with Crippen LogP contribution in [-0.4, -0.2) is 18.3 Å². The quantitative estimate of drug-likeness (QED) is 0.725. The van der Waals surface area contributed by atoms with Crippen molar-refractivity contribution in [3.63, 3.8) is 0 Å². The van der Waals surface area contributed by atoms with Gasteiger partial charge in [-0.2, -0.15) is 0 Å². The first-order valence-corrected chi connectivity index (χ1v) is 6.66. The Bertz CT molecular complexity index is 380. The molecule has 0 bridgehead atoms. The number of halogens is 4. The van der Waals surface area contributed by atoms with Gasteiger partial charge < -0.3 is 9.47 Å². The molecular formula is C12H14BrF3O2. The lowest BCUT2D eigenvalue weighted by Crippen LogP contribution is -2.18. The Morgan fingerprint density at radius 2 is 2.00 bits per heavy atom. The van der Waals surface area contributed by atoms with Crippen molar-refractivity contribution in [1.29, 1.82) is 0 Å². The lowest BCUT2D eigenvalue weighted by molar-refractivity contribution is -0.274. The predicted octanol–water partition coefficient (Wildman–Crippen LogP) is 4.31. The SMILES string of the molecule is CCOc1ccc(OC(F)(F)F)c(CCCBr)c1. The van der Waals surface area contributed by atoms with E-state index in [2.05, 4.69) is 20.7 Å². The summed E-state index contributed by atoms with van der Waals surface area (Å²) in [5, 5.41) is 0.720. The van der Waals surface area contributed by atoms with Crippen molar-refractivity contribution in [2.45, 2.75) is 26.1 Å². The van der Waals surface area contributed by atoms with Gasteiger partial charge in [-0.3, -0.25) is 0 Å². The molecule has 0 atom stereocenters. The zero-order valence-electron chi connectivity index (χ0n) is 9.89. The summed E-state index contributed by atoms with van der Waals surface area (Å²) in [6.45, 7) is 2.29. The highest BCUT2D eigenvalue weighted by Gasteiger charge is 2.32. The first-order chi connectivity index (χ1) is 8.46. The predicted molar refractivity (Wildman–Crippen MR) is 66.4 cm³/mol. The van der Waals surface area contributed by atoms with Gasteiger partial charge >= 0.3 is 6.36 Å². The average Bonchev–Trinajstić information content (AvgIpc) is 2.28. The highest BCUT2D eigenvalue weighted by molar-refractivity contribution is 9.09. The zero-order chi connectivity index (χ0) is 13.6. The third kappa shape index (κ3) is 5.16. The van der Waals surface area contributed by atoms with Crippen molar-refractivity contribution < 1.29 is 22.6 Å². The van der Waals surface area contributed by atoms with Crippen LogP contribution in [0.5, 0.6) is 11.5 Å². The van der Waals surface area contributed by atoms with Crippen LogP contribution >= 0.6 is 15.9 Å². The number of alkyl halides is 4. The normalized spacial score (nSPS) is 11.4. The average molecular weight is 327 g/mol. The fourth-order valence-electron chi connectivity index (χ4n) is 1.49. The minimum absolute atomic E-state index is 0.160. The zero-order valence-corrected chi connectivity index (χ0v) is 11.5. The Labute approximate surface area is 112 Å². The fourth-order valence-corrected chi connectivity index (χ4v) is 1.77. The molecule has 0 saturated carbocycles. The Kier molecular flexibility index (Phi) is 5.78. The van der Waals surface area contributed by atoms with Gasteiger partial charge in [0.05, 0.1) is 6.61 Å². The summed E-state index contributed by atoms with van der Waals surface area (Å²) in [4.78, 5) is 0. The van der Waals surface area contributed by atoms with Crippen molar-refractivity contribution >= 4 is 15.9 Å². The first-order valence-electron chi connectivity index (χ1n) is 5.53. The molecule has 0 N–H and O–H groups in total. The van der Waals surface area contributed by atoms with E-state index in [1.165, 1.54) is 12.1 Å². The maximum atomic E-state index is 12.2. The molecule has 0 amide bonds. The van der Waals surface area contributed by atoms with Gasteiger partial charge in [-0.1, -0.05) is 15.9 Å². The van der Waals surface area contributed by atoms with Crippen molar-refractivity contribution in [1.82, 2.24) is 0 Å². The van der Waals surface area contributed by atoms with E-state index in [9.17, 15) is 13.2 Å². The van der Waals surface area contributed by atoms with E-state index in [-0.39, 0.29) is 5.75 Å². The molecule has 0 aromatic heterocycles. The summed E-state index contributed by atoms with van der Waals surface area (Å²) >= 11 is 3.25. The van der Waals surface area contributed by atoms with Crippen LogP contribution in [0.15, 0.2) is 18.2 Å². The number of ether oxygens (including phenoxy) is 2. The molecule has 1 aromatic rings. The molecule has 0 saturated heterocycles. The molecule has 0 aliphatic heterocycles. The van der Waals surface area contributed by atoms with E-state index < -0.39 is 6.36 Å². The second kappa shape index (κ2) is 6.87. The van der Waals surface area contributed by atoms with Gasteiger partial charge in [-0.25, -0.2) is 0 Å². The van der Waals surface area contributed by atoms with E-state index in [4.69, 9.17) is 4.74 Å². The molecule has 0 unspecified atom stereocenters. The number of hydrogen-bond donors (Lipinski definition) is 0. The molecule has 0 spiro atoms. The second-order valence-electron chi connectivity index (χ2n) is 3.54. The fraction of sp³-hybridized carbons (Fsp3) is 0.500. The summed E-state index contributed by atoms with van der Waals surface area (Å²) in [6, 6.07) is 4.36. The molecule has 102 valence electrons. The topological polar surface area (TPSA) is 18.5 Å². The van der Waals surface area contributed by atoms with E-state index in [0.717, 1.165) is 11.8 Å². The van der Waals surface area contributed by atoms with Gasteiger partial charge in [0.2, 0.25) is 0 Å². The highest BCUT2D eigenvalue weighted by atomic mass is 79.9. The maximum Gasteiger partial charge on any atom is 0.573 e. The molecule has 0 aliphatic carbocycles. The monoisotopic (exact) mass is 326 g/mol. The Morgan fingerprint density at radius 3 is 2.56 bits per heavy atom. The third-order valence-electron chi connectivity index (χ3n) is 2.15. The van der Waals surface area contributed by atoms with Crippen LogP contribution in [0, 0.1) is 0 Å². The molecule has 1 aromatic carbocycles. The second-order valence-corrected chi connectivity index (χ2v) is 4.34. The van der Waals surface area contributed by atoms with E-state index in [1.54, 1.807) is 6.07 Å². The first kappa shape index (κ1) is 15.1. The minimum atomic E-state index is -4.67. The maximum absolute atomic E-state index is 12.2. The van der Waals surface area contributed by atoms with Crippen molar-refractivity contribution in [3.8, 4) is 11.5 Å². The van der Waals surface area contributed by atoms with Crippen LogP contribution in [0.25, 0.3) is 0 Å². The Hall–Kier alpha value is -0.910. The van der Waals surface area contributed by atoms with Gasteiger partial charge in [0, 0.05) is 5.33 Å². The third-order valence-corrected chi connectivity index (χ3v) is 2.71. The van der Waals surface area contributed by atoms with Gasteiger partial charge in [0.25, 0.3) is 0 Å².